The molecular formula is C25H33N7O4. The lowest BCUT2D eigenvalue weighted by molar-refractivity contribution is 0.0343. The van der Waals surface area contributed by atoms with Gasteiger partial charge in [0.2, 0.25) is 17.6 Å². The quantitative estimate of drug-likeness (QED) is 0.362. The third kappa shape index (κ3) is 5.64. The topological polar surface area (TPSA) is 141 Å². The van der Waals surface area contributed by atoms with Crippen molar-refractivity contribution in [1.82, 2.24) is 24.8 Å². The number of aromatic nitrogens is 3. The van der Waals surface area contributed by atoms with Gasteiger partial charge in [0, 0.05) is 45.2 Å². The predicted octanol–water partition coefficient (Wildman–Crippen LogP) is 1.85. The number of carbonyl (C=O) groups excluding carboxylic acids is 2. The second-order valence-corrected chi connectivity index (χ2v) is 8.65. The van der Waals surface area contributed by atoms with Gasteiger partial charge < -0.3 is 24.8 Å². The number of morpholine rings is 1. The van der Waals surface area contributed by atoms with Gasteiger partial charge in [0.15, 0.2) is 5.89 Å². The molecule has 1 aromatic carbocycles. The van der Waals surface area contributed by atoms with E-state index in [1.54, 1.807) is 13.0 Å². The van der Waals surface area contributed by atoms with Crippen LogP contribution in [0.4, 0.5) is 5.95 Å². The predicted molar refractivity (Wildman–Crippen MR) is 136 cm³/mol. The van der Waals surface area contributed by atoms with Crippen LogP contribution in [0.5, 0.6) is 0 Å². The molecule has 3 heterocycles. The maximum atomic E-state index is 13.2. The molecule has 1 aliphatic heterocycles. The number of rotatable bonds is 10. The van der Waals surface area contributed by atoms with E-state index in [4.69, 9.17) is 19.9 Å². The number of fused-ring (bicyclic) bond motifs is 1. The molecule has 1 fully saturated rings. The van der Waals surface area contributed by atoms with Gasteiger partial charge in [-0.05, 0) is 31.2 Å². The van der Waals surface area contributed by atoms with Crippen molar-refractivity contribution in [2.45, 2.75) is 33.4 Å². The molecule has 1 aliphatic rings. The number of oxazole rings is 1. The number of imidazole rings is 1. The first-order chi connectivity index (χ1) is 17.4. The summed E-state index contributed by atoms with van der Waals surface area (Å²) in [7, 11) is 1.87. The molecule has 0 radical (unpaired) electrons. The highest BCUT2D eigenvalue weighted by atomic mass is 16.5. The maximum absolute atomic E-state index is 13.2. The van der Waals surface area contributed by atoms with Crippen LogP contribution in [0.15, 0.2) is 28.7 Å². The molecule has 192 valence electrons. The minimum Gasteiger partial charge on any atom is -0.436 e. The van der Waals surface area contributed by atoms with Crippen molar-refractivity contribution < 1.29 is 18.7 Å². The SMILES string of the molecule is CCc1nc(C)oc1C(=O)Nc1nc2cc(C(N)=O)cc(CN3CCOCC3)c2n1C/C=C/CNC. The van der Waals surface area contributed by atoms with Gasteiger partial charge in [-0.15, -0.1) is 0 Å². The smallest absolute Gasteiger partial charge is 0.295 e. The van der Waals surface area contributed by atoms with Gasteiger partial charge in [-0.2, -0.15) is 0 Å². The van der Waals surface area contributed by atoms with E-state index in [1.165, 1.54) is 0 Å². The molecule has 36 heavy (non-hydrogen) atoms. The Kier molecular flexibility index (Phi) is 8.14. The minimum absolute atomic E-state index is 0.172. The number of carbonyl (C=O) groups is 2. The first-order valence-electron chi connectivity index (χ1n) is 12.1. The second-order valence-electron chi connectivity index (χ2n) is 8.65. The average Bonchev–Trinajstić information content (AvgIpc) is 3.42. The molecule has 2 amide bonds. The van der Waals surface area contributed by atoms with E-state index in [1.807, 2.05) is 36.8 Å². The lowest BCUT2D eigenvalue weighted by Gasteiger charge is -2.27. The number of nitrogens with one attached hydrogen (secondary N) is 2. The van der Waals surface area contributed by atoms with Gasteiger partial charge in [0.25, 0.3) is 5.91 Å². The number of allylic oxidation sites excluding steroid dienone is 1. The van der Waals surface area contributed by atoms with Crippen LogP contribution in [0.1, 0.15) is 45.0 Å². The summed E-state index contributed by atoms with van der Waals surface area (Å²) in [6, 6.07) is 3.48. The highest BCUT2D eigenvalue weighted by Gasteiger charge is 2.23. The van der Waals surface area contributed by atoms with Crippen LogP contribution in [0.25, 0.3) is 11.0 Å². The third-order valence-corrected chi connectivity index (χ3v) is 6.05. The number of hydrogen-bond acceptors (Lipinski definition) is 8. The highest BCUT2D eigenvalue weighted by molar-refractivity contribution is 6.03. The molecule has 0 unspecified atom stereocenters. The number of hydrogen-bond donors (Lipinski definition) is 3. The van der Waals surface area contributed by atoms with Gasteiger partial charge >= 0.3 is 0 Å². The molecule has 11 heteroatoms. The number of amides is 2. The van der Waals surface area contributed by atoms with Gasteiger partial charge in [0.05, 0.1) is 29.9 Å². The summed E-state index contributed by atoms with van der Waals surface area (Å²) in [4.78, 5) is 36.5. The number of primary amides is 1. The molecule has 4 rings (SSSR count). The first-order valence-corrected chi connectivity index (χ1v) is 12.1. The van der Waals surface area contributed by atoms with Crippen molar-refractivity contribution in [1.29, 1.82) is 0 Å². The van der Waals surface area contributed by atoms with Crippen LogP contribution in [0, 0.1) is 6.92 Å². The minimum atomic E-state index is -0.529. The van der Waals surface area contributed by atoms with Gasteiger partial charge in [-0.25, -0.2) is 9.97 Å². The molecular weight excluding hydrogens is 462 g/mol. The zero-order valence-corrected chi connectivity index (χ0v) is 21.0. The summed E-state index contributed by atoms with van der Waals surface area (Å²) in [5.74, 6) is 0.00197. The number of anilines is 1. The van der Waals surface area contributed by atoms with E-state index in [0.29, 0.717) is 67.9 Å². The largest absolute Gasteiger partial charge is 0.436 e. The summed E-state index contributed by atoms with van der Waals surface area (Å²) in [6.07, 6.45) is 4.57. The third-order valence-electron chi connectivity index (χ3n) is 6.05. The number of nitrogens with zero attached hydrogens (tertiary/aromatic N) is 4. The Hall–Kier alpha value is -3.54. The number of aryl methyl sites for hydroxylation is 2. The van der Waals surface area contributed by atoms with E-state index in [0.717, 1.165) is 24.2 Å². The molecule has 0 saturated carbocycles. The Morgan fingerprint density at radius 3 is 2.67 bits per heavy atom. The van der Waals surface area contributed by atoms with Crippen LogP contribution in [0.3, 0.4) is 0 Å². The monoisotopic (exact) mass is 495 g/mol. The zero-order valence-electron chi connectivity index (χ0n) is 21.0. The summed E-state index contributed by atoms with van der Waals surface area (Å²) in [6.45, 7) is 8.28. The van der Waals surface area contributed by atoms with Crippen molar-refractivity contribution >= 4 is 28.8 Å². The van der Waals surface area contributed by atoms with Crippen molar-refractivity contribution in [2.75, 3.05) is 45.2 Å². The van der Waals surface area contributed by atoms with E-state index in [2.05, 4.69) is 20.5 Å². The fourth-order valence-corrected chi connectivity index (χ4v) is 4.32. The average molecular weight is 496 g/mol. The Morgan fingerprint density at radius 2 is 1.97 bits per heavy atom. The molecule has 3 aromatic rings. The van der Waals surface area contributed by atoms with E-state index >= 15 is 0 Å². The Balaban J connectivity index is 1.79. The van der Waals surface area contributed by atoms with Crippen molar-refractivity contribution in [3.63, 3.8) is 0 Å². The van der Waals surface area contributed by atoms with Crippen LogP contribution in [-0.2, 0) is 24.2 Å². The number of likely N-dealkylation sites (N-methyl/N-ethyl adjacent to an activating group) is 1. The Morgan fingerprint density at radius 1 is 1.19 bits per heavy atom. The molecule has 0 aliphatic carbocycles. The molecule has 1 saturated heterocycles. The van der Waals surface area contributed by atoms with Gasteiger partial charge in [-0.1, -0.05) is 19.1 Å². The van der Waals surface area contributed by atoms with Crippen LogP contribution in [0.2, 0.25) is 0 Å². The molecule has 4 N–H and O–H groups in total. The molecule has 11 nitrogen and oxygen atoms in total. The van der Waals surface area contributed by atoms with Crippen molar-refractivity contribution in [2.24, 2.45) is 5.73 Å². The van der Waals surface area contributed by atoms with Crippen LogP contribution in [-0.4, -0.2) is 71.1 Å². The van der Waals surface area contributed by atoms with E-state index in [9.17, 15) is 9.59 Å². The molecule has 0 atom stereocenters. The van der Waals surface area contributed by atoms with Crippen LogP contribution < -0.4 is 16.4 Å². The fraction of sp³-hybridized carbons (Fsp3) is 0.440. The normalized spacial score (nSPS) is 14.6. The Labute approximate surface area is 209 Å². The number of nitrogens with two attached hydrogens (primary N) is 1. The summed E-state index contributed by atoms with van der Waals surface area (Å²) < 4.78 is 13.0. The lowest BCUT2D eigenvalue weighted by atomic mass is 10.1. The standard InChI is InChI=1S/C25H33N7O4/c1-4-19-22(36-16(2)28-19)24(34)30-25-29-20-14-17(23(26)33)13-18(15-31-9-11-35-12-10-31)21(20)32(25)8-6-5-7-27-3/h5-6,13-14,27H,4,7-12,15H2,1-3H3,(H2,26,33)(H,29,30,34)/b6-5+. The molecule has 0 bridgehead atoms. The maximum Gasteiger partial charge on any atom is 0.295 e. The summed E-state index contributed by atoms with van der Waals surface area (Å²) in [5, 5.41) is 5.99. The lowest BCUT2D eigenvalue weighted by Crippen LogP contribution is -2.35. The number of benzene rings is 1. The summed E-state index contributed by atoms with van der Waals surface area (Å²) >= 11 is 0. The van der Waals surface area contributed by atoms with Crippen molar-refractivity contribution in [3.8, 4) is 0 Å². The van der Waals surface area contributed by atoms with Gasteiger partial charge in [-0.3, -0.25) is 19.8 Å². The van der Waals surface area contributed by atoms with Crippen molar-refractivity contribution in [3.05, 3.63) is 52.8 Å². The molecule has 2 aromatic heterocycles. The molecule has 0 spiro atoms. The highest BCUT2D eigenvalue weighted by Crippen LogP contribution is 2.28. The first kappa shape index (κ1) is 25.5. The Bertz CT molecular complexity index is 1270. The van der Waals surface area contributed by atoms with E-state index in [-0.39, 0.29) is 5.76 Å². The summed E-state index contributed by atoms with van der Waals surface area (Å²) in [5.41, 5.74) is 8.92. The van der Waals surface area contributed by atoms with Crippen LogP contribution >= 0.6 is 0 Å². The second kappa shape index (κ2) is 11.5. The fourth-order valence-electron chi connectivity index (χ4n) is 4.32. The van der Waals surface area contributed by atoms with Gasteiger partial charge in [0.1, 0.15) is 0 Å². The number of ether oxygens (including phenoxy) is 1. The van der Waals surface area contributed by atoms with E-state index < -0.39 is 11.8 Å². The zero-order chi connectivity index (χ0) is 25.7.